The lowest BCUT2D eigenvalue weighted by atomic mass is 10.2. The van der Waals surface area contributed by atoms with E-state index in [1.807, 2.05) is 30.3 Å². The lowest BCUT2D eigenvalue weighted by Crippen LogP contribution is -2.13. The zero-order valence-corrected chi connectivity index (χ0v) is 13.7. The first-order valence-corrected chi connectivity index (χ1v) is 8.42. The number of halogens is 1. The molecule has 0 unspecified atom stereocenters. The van der Waals surface area contributed by atoms with Crippen molar-refractivity contribution in [2.45, 2.75) is 11.4 Å². The molecule has 0 fully saturated rings. The van der Waals surface area contributed by atoms with Crippen molar-refractivity contribution >= 4 is 23.4 Å². The Hall–Kier alpha value is -2.60. The van der Waals surface area contributed by atoms with Crippen molar-refractivity contribution in [1.82, 2.24) is 9.78 Å². The van der Waals surface area contributed by atoms with Crippen LogP contribution in [0.5, 0.6) is 0 Å². The predicted molar refractivity (Wildman–Crippen MR) is 93.5 cm³/mol. The summed E-state index contributed by atoms with van der Waals surface area (Å²) in [6, 6.07) is 16.0. The Morgan fingerprint density at radius 1 is 1.12 bits per heavy atom. The quantitative estimate of drug-likeness (QED) is 0.694. The summed E-state index contributed by atoms with van der Waals surface area (Å²) >= 11 is 1.48. The van der Waals surface area contributed by atoms with Gasteiger partial charge in [-0.2, -0.15) is 5.10 Å². The zero-order valence-electron chi connectivity index (χ0n) is 12.9. The number of rotatable bonds is 6. The van der Waals surface area contributed by atoms with E-state index in [1.165, 1.54) is 23.9 Å². The van der Waals surface area contributed by atoms with Crippen LogP contribution < -0.4 is 5.32 Å². The summed E-state index contributed by atoms with van der Waals surface area (Å²) in [5.74, 6) is 0.000866. The fourth-order valence-electron chi connectivity index (χ4n) is 2.15. The molecular weight excluding hydrogens is 325 g/mol. The highest BCUT2D eigenvalue weighted by Gasteiger charge is 2.06. The maximum absolute atomic E-state index is 12.9. The topological polar surface area (TPSA) is 46.9 Å². The largest absolute Gasteiger partial charge is 0.323 e. The van der Waals surface area contributed by atoms with Gasteiger partial charge in [0.1, 0.15) is 5.82 Å². The molecule has 4 nitrogen and oxygen atoms in total. The highest BCUT2D eigenvalue weighted by atomic mass is 32.2. The number of thioether (sulfide) groups is 1. The molecule has 1 heterocycles. The summed E-state index contributed by atoms with van der Waals surface area (Å²) in [6.45, 7) is 0.523. The van der Waals surface area contributed by atoms with Gasteiger partial charge in [-0.15, -0.1) is 11.8 Å². The number of nitrogens with zero attached hydrogens (tertiary/aromatic N) is 2. The molecule has 0 spiro atoms. The number of anilines is 1. The Bertz CT molecular complexity index is 803. The van der Waals surface area contributed by atoms with E-state index >= 15 is 0 Å². The summed E-state index contributed by atoms with van der Waals surface area (Å²) in [5.41, 5.74) is 1.59. The third kappa shape index (κ3) is 4.70. The standard InChI is InChI=1S/C18H16FN3OS/c19-15-8-6-14(7-9-15)11-22-12-16(10-20-22)21-18(23)13-24-17-4-2-1-3-5-17/h1-10,12H,11,13H2,(H,21,23). The van der Waals surface area contributed by atoms with Gasteiger partial charge in [0, 0.05) is 11.1 Å². The van der Waals surface area contributed by atoms with E-state index < -0.39 is 0 Å². The second kappa shape index (κ2) is 7.79. The fraction of sp³-hybridized carbons (Fsp3) is 0.111. The molecule has 0 saturated heterocycles. The third-order valence-corrected chi connectivity index (χ3v) is 4.30. The minimum atomic E-state index is -0.261. The van der Waals surface area contributed by atoms with E-state index in [4.69, 9.17) is 0 Å². The highest BCUT2D eigenvalue weighted by molar-refractivity contribution is 8.00. The van der Waals surface area contributed by atoms with Crippen molar-refractivity contribution in [1.29, 1.82) is 0 Å². The average molecular weight is 341 g/mol. The molecule has 24 heavy (non-hydrogen) atoms. The molecule has 0 aliphatic rings. The highest BCUT2D eigenvalue weighted by Crippen LogP contribution is 2.17. The number of carbonyl (C=O) groups is 1. The summed E-state index contributed by atoms with van der Waals surface area (Å²) in [5, 5.41) is 7.03. The first kappa shape index (κ1) is 16.3. The Balaban J connectivity index is 1.51. The van der Waals surface area contributed by atoms with Gasteiger partial charge in [0.25, 0.3) is 0 Å². The van der Waals surface area contributed by atoms with Crippen LogP contribution in [-0.2, 0) is 11.3 Å². The summed E-state index contributed by atoms with van der Waals surface area (Å²) in [4.78, 5) is 13.0. The molecule has 0 aliphatic carbocycles. The first-order chi connectivity index (χ1) is 11.7. The van der Waals surface area contributed by atoms with E-state index in [9.17, 15) is 9.18 Å². The Kier molecular flexibility index (Phi) is 5.28. The van der Waals surface area contributed by atoms with E-state index in [0.717, 1.165) is 10.5 Å². The zero-order chi connectivity index (χ0) is 16.8. The average Bonchev–Trinajstić information content (AvgIpc) is 3.03. The van der Waals surface area contributed by atoms with Gasteiger partial charge in [0.2, 0.25) is 5.91 Å². The minimum Gasteiger partial charge on any atom is -0.323 e. The van der Waals surface area contributed by atoms with Crippen LogP contribution in [0.25, 0.3) is 0 Å². The molecule has 0 aliphatic heterocycles. The summed E-state index contributed by atoms with van der Waals surface area (Å²) < 4.78 is 14.6. The van der Waals surface area contributed by atoms with Crippen molar-refractivity contribution < 1.29 is 9.18 Å². The van der Waals surface area contributed by atoms with Crippen LogP contribution in [0, 0.1) is 5.82 Å². The molecule has 3 aromatic rings. The van der Waals surface area contributed by atoms with E-state index in [1.54, 1.807) is 29.2 Å². The van der Waals surface area contributed by atoms with Crippen molar-refractivity contribution in [2.24, 2.45) is 0 Å². The van der Waals surface area contributed by atoms with Gasteiger partial charge in [-0.05, 0) is 29.8 Å². The number of hydrogen-bond donors (Lipinski definition) is 1. The Morgan fingerprint density at radius 3 is 2.62 bits per heavy atom. The SMILES string of the molecule is O=C(CSc1ccccc1)Nc1cnn(Cc2ccc(F)cc2)c1. The molecule has 1 amide bonds. The van der Waals surface area contributed by atoms with Gasteiger partial charge in [-0.3, -0.25) is 9.48 Å². The fourth-order valence-corrected chi connectivity index (χ4v) is 2.87. The molecule has 0 saturated carbocycles. The smallest absolute Gasteiger partial charge is 0.234 e. The molecule has 0 bridgehead atoms. The maximum Gasteiger partial charge on any atom is 0.234 e. The minimum absolute atomic E-state index is 0.0785. The number of hydrogen-bond acceptors (Lipinski definition) is 3. The number of carbonyl (C=O) groups excluding carboxylic acids is 1. The Labute approximate surface area is 143 Å². The molecule has 3 rings (SSSR count). The molecule has 0 atom stereocenters. The second-order valence-electron chi connectivity index (χ2n) is 5.20. The first-order valence-electron chi connectivity index (χ1n) is 7.44. The lowest BCUT2D eigenvalue weighted by molar-refractivity contribution is -0.113. The summed E-state index contributed by atoms with van der Waals surface area (Å²) in [6.07, 6.45) is 3.36. The van der Waals surface area contributed by atoms with Crippen LogP contribution in [0.3, 0.4) is 0 Å². The van der Waals surface area contributed by atoms with E-state index in [0.29, 0.717) is 18.0 Å². The Morgan fingerprint density at radius 2 is 1.88 bits per heavy atom. The molecular formula is C18H16FN3OS. The van der Waals surface area contributed by atoms with Crippen molar-refractivity contribution in [2.75, 3.05) is 11.1 Å². The lowest BCUT2D eigenvalue weighted by Gasteiger charge is -2.03. The molecule has 6 heteroatoms. The van der Waals surface area contributed by atoms with Crippen molar-refractivity contribution in [3.8, 4) is 0 Å². The van der Waals surface area contributed by atoms with E-state index in [2.05, 4.69) is 10.4 Å². The van der Waals surface area contributed by atoms with Gasteiger partial charge in [-0.1, -0.05) is 30.3 Å². The molecule has 122 valence electrons. The maximum atomic E-state index is 12.9. The van der Waals surface area contributed by atoms with Crippen LogP contribution >= 0.6 is 11.8 Å². The number of nitrogens with one attached hydrogen (secondary N) is 1. The van der Waals surface area contributed by atoms with Crippen molar-refractivity contribution in [3.05, 3.63) is 78.4 Å². The number of aromatic nitrogens is 2. The number of amides is 1. The molecule has 1 aromatic heterocycles. The van der Waals surface area contributed by atoms with Gasteiger partial charge >= 0.3 is 0 Å². The van der Waals surface area contributed by atoms with Gasteiger partial charge in [0.15, 0.2) is 0 Å². The monoisotopic (exact) mass is 341 g/mol. The number of benzene rings is 2. The molecule has 2 aromatic carbocycles. The van der Waals surface area contributed by atoms with Crippen molar-refractivity contribution in [3.63, 3.8) is 0 Å². The predicted octanol–water partition coefficient (Wildman–Crippen LogP) is 3.80. The normalized spacial score (nSPS) is 10.5. The molecule has 1 N–H and O–H groups in total. The van der Waals surface area contributed by atoms with Crippen LogP contribution in [0.4, 0.5) is 10.1 Å². The molecule has 0 radical (unpaired) electrons. The van der Waals surface area contributed by atoms with Crippen LogP contribution in [0.2, 0.25) is 0 Å². The van der Waals surface area contributed by atoms with Gasteiger partial charge in [-0.25, -0.2) is 4.39 Å². The van der Waals surface area contributed by atoms with E-state index in [-0.39, 0.29) is 11.7 Å². The van der Waals surface area contributed by atoms with Crippen LogP contribution in [0.15, 0.2) is 71.9 Å². The van der Waals surface area contributed by atoms with Gasteiger partial charge < -0.3 is 5.32 Å². The third-order valence-electron chi connectivity index (χ3n) is 3.29. The van der Waals surface area contributed by atoms with Crippen LogP contribution in [0.1, 0.15) is 5.56 Å². The second-order valence-corrected chi connectivity index (χ2v) is 6.25. The van der Waals surface area contributed by atoms with Crippen LogP contribution in [-0.4, -0.2) is 21.4 Å². The van der Waals surface area contributed by atoms with Gasteiger partial charge in [0.05, 0.1) is 24.2 Å². The summed E-state index contributed by atoms with van der Waals surface area (Å²) in [7, 11) is 0.